The maximum absolute atomic E-state index is 12.3. The number of benzene rings is 1. The molecule has 112 valence electrons. The van der Waals surface area contributed by atoms with E-state index in [9.17, 15) is 17.1 Å². The molecule has 5 nitrogen and oxygen atoms in total. The largest absolute Gasteiger partial charge is 0.488 e. The number of hydrogen-bond acceptors (Lipinski definition) is 4. The highest BCUT2D eigenvalue weighted by atomic mass is 32.3. The fourth-order valence-electron chi connectivity index (χ4n) is 1.87. The van der Waals surface area contributed by atoms with Crippen LogP contribution in [-0.4, -0.2) is 14.3 Å². The molecule has 0 radical (unpaired) electrons. The molecule has 1 aromatic rings. The van der Waals surface area contributed by atoms with Gasteiger partial charge in [-0.1, -0.05) is 36.8 Å². The van der Waals surface area contributed by atoms with Crippen LogP contribution in [0.1, 0.15) is 26.3 Å². The van der Waals surface area contributed by atoms with Crippen LogP contribution in [0.15, 0.2) is 24.3 Å². The molecular formula is C13H18FNO4S. The van der Waals surface area contributed by atoms with E-state index >= 15 is 0 Å². The Hall–Kier alpha value is -1.63. The summed E-state index contributed by atoms with van der Waals surface area (Å²) in [5, 5.41) is 0. The second-order valence-electron chi connectivity index (χ2n) is 5.65. The fourth-order valence-corrected chi connectivity index (χ4v) is 2.21. The predicted octanol–water partition coefficient (Wildman–Crippen LogP) is 1.97. The first-order valence-electron chi connectivity index (χ1n) is 6.01. The second kappa shape index (κ2) is 5.78. The number of halogens is 1. The van der Waals surface area contributed by atoms with E-state index in [1.165, 1.54) is 12.1 Å². The Kier molecular flexibility index (Phi) is 4.75. The third-order valence-corrected chi connectivity index (χ3v) is 3.34. The quantitative estimate of drug-likeness (QED) is 0.843. The first kappa shape index (κ1) is 16.4. The van der Waals surface area contributed by atoms with Crippen molar-refractivity contribution in [3.8, 4) is 5.75 Å². The van der Waals surface area contributed by atoms with Gasteiger partial charge >= 0.3 is 10.5 Å². The highest BCUT2D eigenvalue weighted by molar-refractivity contribution is 7.81. The zero-order chi connectivity index (χ0) is 15.6. The average molecular weight is 303 g/mol. The summed E-state index contributed by atoms with van der Waals surface area (Å²) in [6, 6.07) is 5.80. The molecule has 0 saturated carbocycles. The lowest BCUT2D eigenvalue weighted by Gasteiger charge is -2.28. The van der Waals surface area contributed by atoms with Crippen LogP contribution in [0.25, 0.3) is 0 Å². The highest BCUT2D eigenvalue weighted by Gasteiger charge is 2.29. The number of amides is 1. The number of carbonyl (C=O) groups excluding carboxylic acids is 1. The highest BCUT2D eigenvalue weighted by Crippen LogP contribution is 2.29. The Morgan fingerprint density at radius 2 is 1.80 bits per heavy atom. The van der Waals surface area contributed by atoms with Crippen molar-refractivity contribution >= 4 is 16.4 Å². The van der Waals surface area contributed by atoms with Crippen molar-refractivity contribution < 1.29 is 21.3 Å². The molecule has 0 aliphatic carbocycles. The number of rotatable bonds is 5. The number of nitrogens with two attached hydrogens (primary N) is 1. The van der Waals surface area contributed by atoms with Gasteiger partial charge in [-0.15, -0.1) is 0 Å². The van der Waals surface area contributed by atoms with E-state index in [4.69, 9.17) is 5.73 Å². The summed E-state index contributed by atoms with van der Waals surface area (Å²) in [6.45, 7) is 5.74. The molecule has 0 bridgehead atoms. The molecule has 0 aliphatic heterocycles. The summed E-state index contributed by atoms with van der Waals surface area (Å²) in [5.74, 6) is -0.883. The van der Waals surface area contributed by atoms with E-state index in [0.29, 0.717) is 6.42 Å². The minimum atomic E-state index is -5.02. The molecule has 0 spiro atoms. The van der Waals surface area contributed by atoms with Crippen molar-refractivity contribution in [2.45, 2.75) is 27.2 Å². The van der Waals surface area contributed by atoms with Crippen molar-refractivity contribution in [3.63, 3.8) is 0 Å². The minimum Gasteiger partial charge on any atom is -0.369 e. The van der Waals surface area contributed by atoms with Gasteiger partial charge < -0.3 is 9.92 Å². The van der Waals surface area contributed by atoms with Gasteiger partial charge in [-0.25, -0.2) is 0 Å². The number of primary amides is 1. The standard InChI is InChI=1S/C13H18FNO4S/c1-13(2,3)11(12(15)16)8-9-4-6-10(7-5-9)19-20(14,17)18/h4-7,11H,8H2,1-3H3,(H2,15,16). The Labute approximate surface area is 118 Å². The SMILES string of the molecule is CC(C)(C)C(Cc1ccc(OS(=O)(=O)F)cc1)C(N)=O. The lowest BCUT2D eigenvalue weighted by Crippen LogP contribution is -2.35. The molecule has 2 N–H and O–H groups in total. The summed E-state index contributed by atoms with van der Waals surface area (Å²) in [7, 11) is -5.02. The predicted molar refractivity (Wildman–Crippen MR) is 72.9 cm³/mol. The second-order valence-corrected chi connectivity index (χ2v) is 6.60. The number of carbonyl (C=O) groups is 1. The molecule has 7 heteroatoms. The normalized spacial score (nSPS) is 13.8. The van der Waals surface area contributed by atoms with Gasteiger partial charge in [-0.05, 0) is 29.5 Å². The molecule has 0 heterocycles. The van der Waals surface area contributed by atoms with Crippen LogP contribution in [0, 0.1) is 11.3 Å². The van der Waals surface area contributed by atoms with Gasteiger partial charge in [-0.3, -0.25) is 4.79 Å². The topological polar surface area (TPSA) is 86.5 Å². The van der Waals surface area contributed by atoms with E-state index in [1.54, 1.807) is 12.1 Å². The summed E-state index contributed by atoms with van der Waals surface area (Å²) >= 11 is 0. The van der Waals surface area contributed by atoms with Crippen molar-refractivity contribution in [2.75, 3.05) is 0 Å². The summed E-state index contributed by atoms with van der Waals surface area (Å²) < 4.78 is 37.1. The maximum Gasteiger partial charge on any atom is 0.488 e. The van der Waals surface area contributed by atoms with Gasteiger partial charge in [-0.2, -0.15) is 8.42 Å². The molecule has 1 rings (SSSR count). The van der Waals surface area contributed by atoms with Crippen LogP contribution in [-0.2, 0) is 21.7 Å². The first-order chi connectivity index (χ1) is 8.99. The van der Waals surface area contributed by atoms with E-state index in [2.05, 4.69) is 4.18 Å². The molecular weight excluding hydrogens is 285 g/mol. The van der Waals surface area contributed by atoms with Crippen LogP contribution in [0.5, 0.6) is 5.75 Å². The average Bonchev–Trinajstić information content (AvgIpc) is 2.23. The lowest BCUT2D eigenvalue weighted by molar-refractivity contribution is -0.124. The minimum absolute atomic E-state index is 0.123. The summed E-state index contributed by atoms with van der Waals surface area (Å²) in [4.78, 5) is 11.5. The Morgan fingerprint density at radius 3 is 2.15 bits per heavy atom. The van der Waals surface area contributed by atoms with Crippen LogP contribution in [0.4, 0.5) is 3.89 Å². The fraction of sp³-hybridized carbons (Fsp3) is 0.462. The van der Waals surface area contributed by atoms with E-state index in [-0.39, 0.29) is 17.1 Å². The molecule has 0 fully saturated rings. The van der Waals surface area contributed by atoms with Crippen LogP contribution < -0.4 is 9.92 Å². The monoisotopic (exact) mass is 303 g/mol. The van der Waals surface area contributed by atoms with Gasteiger partial charge in [0.2, 0.25) is 5.91 Å². The summed E-state index contributed by atoms with van der Waals surface area (Å²) in [5.41, 5.74) is 5.89. The lowest BCUT2D eigenvalue weighted by atomic mass is 9.77. The third-order valence-electron chi connectivity index (χ3n) is 2.95. The Balaban J connectivity index is 2.86. The van der Waals surface area contributed by atoms with Crippen molar-refractivity contribution in [1.29, 1.82) is 0 Å². The van der Waals surface area contributed by atoms with E-state index in [1.807, 2.05) is 20.8 Å². The molecule has 1 amide bonds. The van der Waals surface area contributed by atoms with Gasteiger partial charge in [0.25, 0.3) is 0 Å². The van der Waals surface area contributed by atoms with Gasteiger partial charge in [0.15, 0.2) is 0 Å². The molecule has 0 aliphatic rings. The van der Waals surface area contributed by atoms with Crippen molar-refractivity contribution in [2.24, 2.45) is 17.1 Å². The van der Waals surface area contributed by atoms with Crippen molar-refractivity contribution in [3.05, 3.63) is 29.8 Å². The van der Waals surface area contributed by atoms with Crippen LogP contribution in [0.3, 0.4) is 0 Å². The summed E-state index contributed by atoms with van der Waals surface area (Å²) in [6.07, 6.45) is 0.418. The van der Waals surface area contributed by atoms with Gasteiger partial charge in [0.05, 0.1) is 0 Å². The number of hydrogen-bond donors (Lipinski definition) is 1. The molecule has 0 aromatic heterocycles. The smallest absolute Gasteiger partial charge is 0.369 e. The Morgan fingerprint density at radius 1 is 1.30 bits per heavy atom. The van der Waals surface area contributed by atoms with Crippen LogP contribution >= 0.6 is 0 Å². The van der Waals surface area contributed by atoms with Crippen molar-refractivity contribution in [1.82, 2.24) is 0 Å². The van der Waals surface area contributed by atoms with Gasteiger partial charge in [0, 0.05) is 5.92 Å². The zero-order valence-electron chi connectivity index (χ0n) is 11.6. The maximum atomic E-state index is 12.3. The van der Waals surface area contributed by atoms with E-state index in [0.717, 1.165) is 5.56 Å². The van der Waals surface area contributed by atoms with Crippen LogP contribution in [0.2, 0.25) is 0 Å². The van der Waals surface area contributed by atoms with E-state index < -0.39 is 16.4 Å². The first-order valence-corrected chi connectivity index (χ1v) is 7.32. The molecule has 20 heavy (non-hydrogen) atoms. The third kappa shape index (κ3) is 5.16. The Bertz CT molecular complexity index is 575. The van der Waals surface area contributed by atoms with Gasteiger partial charge in [0.1, 0.15) is 5.75 Å². The molecule has 1 unspecified atom stereocenters. The molecule has 1 aromatic carbocycles. The zero-order valence-corrected chi connectivity index (χ0v) is 12.4. The molecule has 0 saturated heterocycles. The molecule has 1 atom stereocenters.